The number of hydrogen-bond acceptors (Lipinski definition) is 5. The molecular formula is C15H23FN4O2. The van der Waals surface area contributed by atoms with Crippen LogP contribution >= 0.6 is 0 Å². The van der Waals surface area contributed by atoms with Gasteiger partial charge in [0.1, 0.15) is 24.4 Å². The Balaban J connectivity index is 2.02. The first-order chi connectivity index (χ1) is 10.3. The van der Waals surface area contributed by atoms with Crippen molar-refractivity contribution in [2.24, 2.45) is 0 Å². The Kier molecular flexibility index (Phi) is 4.83. The summed E-state index contributed by atoms with van der Waals surface area (Å²) in [5.41, 5.74) is -0.132. The van der Waals surface area contributed by atoms with E-state index in [4.69, 9.17) is 4.74 Å². The van der Waals surface area contributed by atoms with Gasteiger partial charge < -0.3 is 14.5 Å². The molecule has 1 aliphatic rings. The molecule has 1 atom stereocenters. The number of ether oxygens (including phenoxy) is 1. The number of nitrogens with zero attached hydrogens (tertiary/aromatic N) is 4. The minimum Gasteiger partial charge on any atom is -0.444 e. The van der Waals surface area contributed by atoms with Gasteiger partial charge in [-0.1, -0.05) is 0 Å². The zero-order valence-corrected chi connectivity index (χ0v) is 13.5. The van der Waals surface area contributed by atoms with E-state index >= 15 is 0 Å². The third kappa shape index (κ3) is 4.05. The van der Waals surface area contributed by atoms with Crippen molar-refractivity contribution in [3.05, 3.63) is 18.1 Å². The number of alkyl halides is 1. The maximum absolute atomic E-state index is 12.7. The quantitative estimate of drug-likeness (QED) is 0.839. The first kappa shape index (κ1) is 16.5. The predicted molar refractivity (Wildman–Crippen MR) is 81.5 cm³/mol. The van der Waals surface area contributed by atoms with Crippen molar-refractivity contribution in [2.75, 3.05) is 24.5 Å². The van der Waals surface area contributed by atoms with E-state index in [1.807, 2.05) is 27.7 Å². The molecule has 0 saturated carbocycles. The van der Waals surface area contributed by atoms with E-state index in [0.29, 0.717) is 31.1 Å². The normalized spacial score (nSPS) is 19.2. The Morgan fingerprint density at radius 1 is 1.41 bits per heavy atom. The van der Waals surface area contributed by atoms with Crippen LogP contribution in [-0.2, 0) is 11.4 Å². The number of aromatic nitrogens is 2. The smallest absolute Gasteiger partial charge is 0.410 e. The predicted octanol–water partition coefficient (Wildman–Crippen LogP) is 2.39. The summed E-state index contributed by atoms with van der Waals surface area (Å²) in [6.07, 6.45) is 1.07. The van der Waals surface area contributed by atoms with Crippen molar-refractivity contribution < 1.29 is 13.9 Å². The summed E-state index contributed by atoms with van der Waals surface area (Å²) in [5, 5.41) is 0. The molecule has 0 N–H and O–H groups in total. The lowest BCUT2D eigenvalue weighted by molar-refractivity contribution is 0.0218. The number of hydrogen-bond donors (Lipinski definition) is 0. The molecule has 1 amide bonds. The van der Waals surface area contributed by atoms with Gasteiger partial charge in [0, 0.05) is 31.7 Å². The molecule has 0 aromatic carbocycles. The molecule has 0 bridgehead atoms. The van der Waals surface area contributed by atoms with E-state index in [9.17, 15) is 9.18 Å². The van der Waals surface area contributed by atoms with E-state index in [0.717, 1.165) is 0 Å². The summed E-state index contributed by atoms with van der Waals surface area (Å²) in [6.45, 7) is 8.68. The highest BCUT2D eigenvalue weighted by Crippen LogP contribution is 2.20. The lowest BCUT2D eigenvalue weighted by Crippen LogP contribution is -2.54. The SMILES string of the molecule is C[C@@H]1CN(C(=O)OC(C)(C)C)CCN1c1cc(CF)ncn1. The van der Waals surface area contributed by atoms with Gasteiger partial charge in [0.15, 0.2) is 0 Å². The number of carbonyl (C=O) groups is 1. The van der Waals surface area contributed by atoms with Crippen LogP contribution in [0, 0.1) is 0 Å². The second-order valence-electron chi connectivity index (χ2n) is 6.47. The lowest BCUT2D eigenvalue weighted by atomic mass is 10.2. The molecule has 0 spiro atoms. The van der Waals surface area contributed by atoms with E-state index in [1.165, 1.54) is 6.33 Å². The van der Waals surface area contributed by atoms with Crippen molar-refractivity contribution in [1.82, 2.24) is 14.9 Å². The molecule has 122 valence electrons. The highest BCUT2D eigenvalue weighted by molar-refractivity contribution is 5.68. The average Bonchev–Trinajstić information content (AvgIpc) is 2.45. The van der Waals surface area contributed by atoms with Crippen LogP contribution < -0.4 is 4.90 Å². The molecule has 0 radical (unpaired) electrons. The molecule has 1 aromatic rings. The van der Waals surface area contributed by atoms with Crippen LogP contribution in [0.25, 0.3) is 0 Å². The molecule has 2 heterocycles. The minimum atomic E-state index is -0.609. The molecule has 22 heavy (non-hydrogen) atoms. The van der Waals surface area contributed by atoms with Crippen LogP contribution in [0.3, 0.4) is 0 Å². The topological polar surface area (TPSA) is 58.6 Å². The molecule has 1 aromatic heterocycles. The van der Waals surface area contributed by atoms with Crippen LogP contribution in [0.15, 0.2) is 12.4 Å². The summed E-state index contributed by atoms with van der Waals surface area (Å²) in [4.78, 5) is 23.9. The summed E-state index contributed by atoms with van der Waals surface area (Å²) in [5.74, 6) is 0.694. The van der Waals surface area contributed by atoms with Gasteiger partial charge in [0.25, 0.3) is 0 Å². The van der Waals surface area contributed by atoms with Gasteiger partial charge >= 0.3 is 6.09 Å². The third-order valence-corrected chi connectivity index (χ3v) is 3.42. The van der Waals surface area contributed by atoms with Gasteiger partial charge in [-0.15, -0.1) is 0 Å². The molecule has 2 rings (SSSR count). The van der Waals surface area contributed by atoms with E-state index < -0.39 is 12.3 Å². The molecule has 0 unspecified atom stereocenters. The zero-order valence-electron chi connectivity index (χ0n) is 13.5. The van der Waals surface area contributed by atoms with Crippen LogP contribution in [0.2, 0.25) is 0 Å². The fraction of sp³-hybridized carbons (Fsp3) is 0.667. The van der Waals surface area contributed by atoms with Crippen LogP contribution in [0.5, 0.6) is 0 Å². The summed E-state index contributed by atoms with van der Waals surface area (Å²) in [6, 6.07) is 1.73. The number of amides is 1. The van der Waals surface area contributed by atoms with Crippen molar-refractivity contribution in [3.63, 3.8) is 0 Å². The molecule has 1 fully saturated rings. The van der Waals surface area contributed by atoms with Crippen LogP contribution in [0.4, 0.5) is 15.0 Å². The third-order valence-electron chi connectivity index (χ3n) is 3.42. The lowest BCUT2D eigenvalue weighted by Gasteiger charge is -2.40. The second-order valence-corrected chi connectivity index (χ2v) is 6.47. The van der Waals surface area contributed by atoms with Crippen LogP contribution in [0.1, 0.15) is 33.4 Å². The fourth-order valence-electron chi connectivity index (χ4n) is 2.41. The second kappa shape index (κ2) is 6.46. The Bertz CT molecular complexity index is 533. The largest absolute Gasteiger partial charge is 0.444 e. The van der Waals surface area contributed by atoms with Crippen LogP contribution in [-0.4, -0.2) is 52.2 Å². The summed E-state index contributed by atoms with van der Waals surface area (Å²) < 4.78 is 18.1. The summed E-state index contributed by atoms with van der Waals surface area (Å²) in [7, 11) is 0. The highest BCUT2D eigenvalue weighted by Gasteiger charge is 2.30. The molecule has 1 aliphatic heterocycles. The maximum Gasteiger partial charge on any atom is 0.410 e. The Hall–Kier alpha value is -1.92. The first-order valence-corrected chi connectivity index (χ1v) is 7.41. The van der Waals surface area contributed by atoms with E-state index in [-0.39, 0.29) is 12.1 Å². The monoisotopic (exact) mass is 310 g/mol. The fourth-order valence-corrected chi connectivity index (χ4v) is 2.41. The number of piperazine rings is 1. The van der Waals surface area contributed by atoms with Gasteiger partial charge in [-0.25, -0.2) is 19.2 Å². The standard InChI is InChI=1S/C15H23FN4O2/c1-11-9-19(14(21)22-15(2,3)4)5-6-20(11)13-7-12(8-16)17-10-18-13/h7,10-11H,5-6,8-9H2,1-4H3/t11-/m1/s1. The van der Waals surface area contributed by atoms with E-state index in [2.05, 4.69) is 14.9 Å². The Labute approximate surface area is 130 Å². The molecule has 0 aliphatic carbocycles. The van der Waals surface area contributed by atoms with Gasteiger partial charge in [-0.3, -0.25) is 0 Å². The number of carbonyl (C=O) groups excluding carboxylic acids is 1. The number of halogens is 1. The van der Waals surface area contributed by atoms with Crippen molar-refractivity contribution >= 4 is 11.9 Å². The van der Waals surface area contributed by atoms with Crippen molar-refractivity contribution in [1.29, 1.82) is 0 Å². The highest BCUT2D eigenvalue weighted by atomic mass is 19.1. The molecule has 7 heteroatoms. The van der Waals surface area contributed by atoms with Gasteiger partial charge in [-0.2, -0.15) is 0 Å². The zero-order chi connectivity index (χ0) is 16.3. The van der Waals surface area contributed by atoms with Crippen molar-refractivity contribution in [3.8, 4) is 0 Å². The van der Waals surface area contributed by atoms with Gasteiger partial charge in [-0.05, 0) is 27.7 Å². The number of anilines is 1. The Morgan fingerprint density at radius 2 is 2.14 bits per heavy atom. The minimum absolute atomic E-state index is 0.0728. The van der Waals surface area contributed by atoms with Gasteiger partial charge in [0.05, 0.1) is 5.69 Å². The number of rotatable bonds is 2. The molecular weight excluding hydrogens is 287 g/mol. The van der Waals surface area contributed by atoms with Gasteiger partial charge in [0.2, 0.25) is 0 Å². The summed E-state index contributed by atoms with van der Waals surface area (Å²) >= 11 is 0. The first-order valence-electron chi connectivity index (χ1n) is 7.41. The molecule has 1 saturated heterocycles. The van der Waals surface area contributed by atoms with Crippen molar-refractivity contribution in [2.45, 2.75) is 46.0 Å². The average molecular weight is 310 g/mol. The van der Waals surface area contributed by atoms with E-state index in [1.54, 1.807) is 11.0 Å². The Morgan fingerprint density at radius 3 is 2.73 bits per heavy atom. The molecule has 6 nitrogen and oxygen atoms in total. The maximum atomic E-state index is 12.7.